The van der Waals surface area contributed by atoms with E-state index in [1.165, 1.54) is 11.3 Å². The third-order valence-corrected chi connectivity index (χ3v) is 5.08. The fourth-order valence-corrected chi connectivity index (χ4v) is 3.40. The van der Waals surface area contributed by atoms with Gasteiger partial charge in [-0.3, -0.25) is 4.79 Å². The van der Waals surface area contributed by atoms with E-state index < -0.39 is 23.9 Å². The molecule has 0 aliphatic rings. The van der Waals surface area contributed by atoms with Gasteiger partial charge in [-0.05, 0) is 26.7 Å². The number of thiazole rings is 1. The van der Waals surface area contributed by atoms with Crippen molar-refractivity contribution in [3.05, 3.63) is 40.4 Å². The lowest BCUT2D eigenvalue weighted by atomic mass is 10.1. The maximum atomic E-state index is 12.5. The average Bonchev–Trinajstić information content (AvgIpc) is 2.99. The van der Waals surface area contributed by atoms with E-state index >= 15 is 0 Å². The van der Waals surface area contributed by atoms with E-state index in [2.05, 4.69) is 15.6 Å². The van der Waals surface area contributed by atoms with Gasteiger partial charge < -0.3 is 21.5 Å². The number of amides is 3. The third-order valence-electron chi connectivity index (χ3n) is 3.87. The van der Waals surface area contributed by atoms with Crippen molar-refractivity contribution in [3.8, 4) is 10.6 Å². The van der Waals surface area contributed by atoms with E-state index in [9.17, 15) is 19.5 Å². The standard InChI is InChI=1S/C18H22N4O4S/c1-10-5-7-12(8-6-10)16-21-11(2)14(27-16)15(23)22-13(17(24)25)4-3-9-20-18(19)26/h5-8,13H,3-4,9H2,1-2H3,(H,22,23)(H,24,25)(H3,19,20,26). The number of nitrogens with zero attached hydrogens (tertiary/aromatic N) is 1. The molecule has 2 rings (SSSR count). The van der Waals surface area contributed by atoms with Gasteiger partial charge in [0.1, 0.15) is 15.9 Å². The van der Waals surface area contributed by atoms with Crippen LogP contribution >= 0.6 is 11.3 Å². The Morgan fingerprint density at radius 1 is 1.22 bits per heavy atom. The topological polar surface area (TPSA) is 134 Å². The number of hydrogen-bond acceptors (Lipinski definition) is 5. The zero-order valence-electron chi connectivity index (χ0n) is 15.1. The molecule has 0 aliphatic heterocycles. The smallest absolute Gasteiger partial charge is 0.326 e. The van der Waals surface area contributed by atoms with Crippen molar-refractivity contribution < 1.29 is 19.5 Å². The molecule has 9 heteroatoms. The summed E-state index contributed by atoms with van der Waals surface area (Å²) in [5.74, 6) is -1.61. The zero-order valence-corrected chi connectivity index (χ0v) is 15.9. The van der Waals surface area contributed by atoms with Crippen LogP contribution in [0, 0.1) is 13.8 Å². The van der Waals surface area contributed by atoms with Crippen LogP contribution < -0.4 is 16.4 Å². The lowest BCUT2D eigenvalue weighted by molar-refractivity contribution is -0.139. The number of carboxylic acids is 1. The molecular formula is C18H22N4O4S. The first-order valence-corrected chi connectivity index (χ1v) is 9.21. The number of primary amides is 1. The van der Waals surface area contributed by atoms with Crippen LogP contribution in [0.4, 0.5) is 4.79 Å². The largest absolute Gasteiger partial charge is 0.480 e. The monoisotopic (exact) mass is 390 g/mol. The Balaban J connectivity index is 2.06. The van der Waals surface area contributed by atoms with Gasteiger partial charge >= 0.3 is 12.0 Å². The van der Waals surface area contributed by atoms with Crippen molar-refractivity contribution >= 4 is 29.2 Å². The molecule has 0 spiro atoms. The molecule has 8 nitrogen and oxygen atoms in total. The quantitative estimate of drug-likeness (QED) is 0.512. The minimum absolute atomic E-state index is 0.171. The number of aromatic nitrogens is 1. The number of rotatable bonds is 8. The first-order chi connectivity index (χ1) is 12.8. The number of nitrogens with two attached hydrogens (primary N) is 1. The Morgan fingerprint density at radius 3 is 2.48 bits per heavy atom. The predicted octanol–water partition coefficient (Wildman–Crippen LogP) is 2.06. The van der Waals surface area contributed by atoms with Gasteiger partial charge in [-0.1, -0.05) is 29.8 Å². The Hall–Kier alpha value is -2.94. The zero-order chi connectivity index (χ0) is 20.0. The van der Waals surface area contributed by atoms with Crippen LogP contribution in [0.1, 0.15) is 33.8 Å². The van der Waals surface area contributed by atoms with Gasteiger partial charge in [-0.25, -0.2) is 14.6 Å². The van der Waals surface area contributed by atoms with Crippen LogP contribution in [0.3, 0.4) is 0 Å². The van der Waals surface area contributed by atoms with Crippen LogP contribution in [-0.4, -0.2) is 40.6 Å². The molecular weight excluding hydrogens is 368 g/mol. The summed E-state index contributed by atoms with van der Waals surface area (Å²) in [6.45, 7) is 3.95. The summed E-state index contributed by atoms with van der Waals surface area (Å²) in [6, 6.07) is 6.06. The second-order valence-corrected chi connectivity index (χ2v) is 7.10. The third kappa shape index (κ3) is 5.78. The lowest BCUT2D eigenvalue weighted by Gasteiger charge is -2.14. The molecule has 5 N–H and O–H groups in total. The second-order valence-electron chi connectivity index (χ2n) is 6.10. The highest BCUT2D eigenvalue weighted by molar-refractivity contribution is 7.17. The Labute approximate surface area is 160 Å². The maximum absolute atomic E-state index is 12.5. The number of aryl methyl sites for hydroxylation is 2. The SMILES string of the molecule is Cc1ccc(-c2nc(C)c(C(=O)NC(CCCNC(N)=O)C(=O)O)s2)cc1. The molecule has 0 saturated carbocycles. The highest BCUT2D eigenvalue weighted by Gasteiger charge is 2.23. The highest BCUT2D eigenvalue weighted by Crippen LogP contribution is 2.28. The van der Waals surface area contributed by atoms with Gasteiger partial charge in [-0.15, -0.1) is 11.3 Å². The number of urea groups is 1. The van der Waals surface area contributed by atoms with Gasteiger partial charge in [0.2, 0.25) is 0 Å². The Bertz CT molecular complexity index is 832. The van der Waals surface area contributed by atoms with E-state index in [0.29, 0.717) is 22.0 Å². The van der Waals surface area contributed by atoms with Gasteiger partial charge in [0.15, 0.2) is 0 Å². The van der Waals surface area contributed by atoms with Crippen molar-refractivity contribution in [1.29, 1.82) is 0 Å². The lowest BCUT2D eigenvalue weighted by Crippen LogP contribution is -2.41. The van der Waals surface area contributed by atoms with Gasteiger partial charge in [0.05, 0.1) is 5.69 Å². The fourth-order valence-electron chi connectivity index (χ4n) is 2.43. The van der Waals surface area contributed by atoms with Crippen LogP contribution in [0.15, 0.2) is 24.3 Å². The van der Waals surface area contributed by atoms with Gasteiger partial charge in [0, 0.05) is 12.1 Å². The van der Waals surface area contributed by atoms with Crippen LogP contribution in [-0.2, 0) is 4.79 Å². The maximum Gasteiger partial charge on any atom is 0.326 e. The number of carboxylic acid groups (broad SMARTS) is 1. The number of hydrogen-bond donors (Lipinski definition) is 4. The Morgan fingerprint density at radius 2 is 1.89 bits per heavy atom. The average molecular weight is 390 g/mol. The van der Waals surface area contributed by atoms with Crippen molar-refractivity contribution in [2.75, 3.05) is 6.54 Å². The second kappa shape index (κ2) is 9.13. The summed E-state index contributed by atoms with van der Waals surface area (Å²) >= 11 is 1.22. The van der Waals surface area contributed by atoms with E-state index in [-0.39, 0.29) is 13.0 Å². The minimum Gasteiger partial charge on any atom is -0.480 e. The molecule has 0 aliphatic carbocycles. The number of carbonyl (C=O) groups is 3. The van der Waals surface area contributed by atoms with E-state index in [4.69, 9.17) is 5.73 Å². The van der Waals surface area contributed by atoms with Crippen LogP contribution in [0.25, 0.3) is 10.6 Å². The molecule has 1 aromatic carbocycles. The summed E-state index contributed by atoms with van der Waals surface area (Å²) in [5, 5.41) is 14.9. The molecule has 2 aromatic rings. The summed E-state index contributed by atoms with van der Waals surface area (Å²) in [6.07, 6.45) is 0.542. The van der Waals surface area contributed by atoms with Crippen molar-refractivity contribution in [3.63, 3.8) is 0 Å². The molecule has 0 saturated heterocycles. The molecule has 1 heterocycles. The van der Waals surface area contributed by atoms with Gasteiger partial charge in [-0.2, -0.15) is 0 Å². The number of benzene rings is 1. The number of nitrogens with one attached hydrogen (secondary N) is 2. The number of aliphatic carboxylic acids is 1. The first-order valence-electron chi connectivity index (χ1n) is 8.39. The van der Waals surface area contributed by atoms with Crippen LogP contribution in [0.5, 0.6) is 0 Å². The van der Waals surface area contributed by atoms with Crippen molar-refractivity contribution in [1.82, 2.24) is 15.6 Å². The van der Waals surface area contributed by atoms with Crippen LogP contribution in [0.2, 0.25) is 0 Å². The molecule has 0 fully saturated rings. The normalized spacial score (nSPS) is 11.6. The minimum atomic E-state index is -1.14. The first kappa shape index (κ1) is 20.4. The summed E-state index contributed by atoms with van der Waals surface area (Å²) in [7, 11) is 0. The van der Waals surface area contributed by atoms with Gasteiger partial charge in [0.25, 0.3) is 5.91 Å². The Kier molecular flexibility index (Phi) is 6.89. The molecule has 144 valence electrons. The molecule has 1 aromatic heterocycles. The van der Waals surface area contributed by atoms with E-state index in [0.717, 1.165) is 11.1 Å². The van der Waals surface area contributed by atoms with E-state index in [1.54, 1.807) is 6.92 Å². The molecule has 1 unspecified atom stereocenters. The summed E-state index contributed by atoms with van der Waals surface area (Å²) in [4.78, 5) is 39.4. The molecule has 0 radical (unpaired) electrons. The molecule has 27 heavy (non-hydrogen) atoms. The number of carbonyl (C=O) groups excluding carboxylic acids is 2. The molecule has 0 bridgehead atoms. The molecule has 1 atom stereocenters. The fraction of sp³-hybridized carbons (Fsp3) is 0.333. The molecule has 3 amide bonds. The summed E-state index contributed by atoms with van der Waals surface area (Å²) in [5.41, 5.74) is 7.54. The highest BCUT2D eigenvalue weighted by atomic mass is 32.1. The van der Waals surface area contributed by atoms with E-state index in [1.807, 2.05) is 31.2 Å². The van der Waals surface area contributed by atoms with Crippen molar-refractivity contribution in [2.45, 2.75) is 32.7 Å². The summed E-state index contributed by atoms with van der Waals surface area (Å²) < 4.78 is 0. The predicted molar refractivity (Wildman–Crippen MR) is 103 cm³/mol. The van der Waals surface area contributed by atoms with Crippen molar-refractivity contribution in [2.24, 2.45) is 5.73 Å².